The van der Waals surface area contributed by atoms with Crippen molar-refractivity contribution in [2.75, 3.05) is 17.2 Å². The summed E-state index contributed by atoms with van der Waals surface area (Å²) in [6.07, 6.45) is 0. The molecule has 0 saturated carbocycles. The number of hydrogen-bond donors (Lipinski definition) is 3. The zero-order valence-corrected chi connectivity index (χ0v) is 6.30. The van der Waals surface area contributed by atoms with Crippen LogP contribution in [-0.2, 0) is 0 Å². The van der Waals surface area contributed by atoms with E-state index in [2.05, 4.69) is 10.1 Å². The highest BCUT2D eigenvalue weighted by Gasteiger charge is 2.09. The first-order valence-corrected chi connectivity index (χ1v) is 3.66. The summed E-state index contributed by atoms with van der Waals surface area (Å²) in [6.45, 7) is 0. The third-order valence-corrected chi connectivity index (χ3v) is 2.13. The first-order chi connectivity index (χ1) is 5.18. The second-order valence-electron chi connectivity index (χ2n) is 2.01. The Morgan fingerprint density at radius 2 is 2.00 bits per heavy atom. The van der Waals surface area contributed by atoms with Crippen molar-refractivity contribution in [2.45, 2.75) is 0 Å². The van der Waals surface area contributed by atoms with Gasteiger partial charge in [-0.1, -0.05) is 11.3 Å². The van der Waals surface area contributed by atoms with E-state index in [0.29, 0.717) is 15.8 Å². The smallest absolute Gasteiger partial charge is 0.224 e. The molecule has 2 aromatic heterocycles. The Kier molecular flexibility index (Phi) is 0.994. The zero-order valence-electron chi connectivity index (χ0n) is 5.48. The normalized spacial score (nSPS) is 10.9. The van der Waals surface area contributed by atoms with Crippen LogP contribution in [0.1, 0.15) is 0 Å². The summed E-state index contributed by atoms with van der Waals surface area (Å²) in [5.41, 5.74) is 16.4. The maximum Gasteiger partial charge on any atom is 0.224 e. The van der Waals surface area contributed by atoms with Crippen molar-refractivity contribution < 1.29 is 0 Å². The molecule has 11 heavy (non-hydrogen) atoms. The fourth-order valence-electron chi connectivity index (χ4n) is 0.841. The van der Waals surface area contributed by atoms with Gasteiger partial charge in [0, 0.05) is 0 Å². The molecule has 2 rings (SSSR count). The molecule has 2 heterocycles. The van der Waals surface area contributed by atoms with Crippen LogP contribution in [-0.4, -0.2) is 14.6 Å². The number of hydrogen-bond acceptors (Lipinski definition) is 6. The Hall–Kier alpha value is -1.50. The van der Waals surface area contributed by atoms with E-state index in [1.165, 1.54) is 15.9 Å². The van der Waals surface area contributed by atoms with Gasteiger partial charge in [0.2, 0.25) is 11.1 Å². The van der Waals surface area contributed by atoms with Crippen LogP contribution in [0.5, 0.6) is 0 Å². The second kappa shape index (κ2) is 1.76. The van der Waals surface area contributed by atoms with E-state index in [0.717, 1.165) is 0 Å². The summed E-state index contributed by atoms with van der Waals surface area (Å²) in [5.74, 6) is 0.641. The van der Waals surface area contributed by atoms with Crippen LogP contribution >= 0.6 is 11.3 Å². The third-order valence-electron chi connectivity index (χ3n) is 1.26. The summed E-state index contributed by atoms with van der Waals surface area (Å²) in [7, 11) is 0. The van der Waals surface area contributed by atoms with Gasteiger partial charge < -0.3 is 17.2 Å². The molecule has 0 spiro atoms. The predicted octanol–water partition coefficient (Wildman–Crippen LogP) is -0.463. The number of imidazole rings is 1. The summed E-state index contributed by atoms with van der Waals surface area (Å²) < 4.78 is 1.43. The van der Waals surface area contributed by atoms with E-state index in [-0.39, 0.29) is 5.95 Å². The molecule has 0 bridgehead atoms. The lowest BCUT2D eigenvalue weighted by Crippen LogP contribution is -1.95. The van der Waals surface area contributed by atoms with Crippen molar-refractivity contribution in [1.82, 2.24) is 14.6 Å². The highest BCUT2D eigenvalue weighted by molar-refractivity contribution is 7.21. The number of nitrogen functional groups attached to an aromatic ring is 3. The zero-order chi connectivity index (χ0) is 8.01. The van der Waals surface area contributed by atoms with Crippen LogP contribution in [0.2, 0.25) is 0 Å². The average molecular weight is 170 g/mol. The molecule has 0 atom stereocenters. The molecule has 0 aliphatic rings. The van der Waals surface area contributed by atoms with Crippen LogP contribution in [0.3, 0.4) is 0 Å². The molecule has 0 saturated heterocycles. The Labute approximate surface area is 65.6 Å². The molecule has 0 unspecified atom stereocenters. The highest BCUT2D eigenvalue weighted by atomic mass is 32.1. The molecule has 0 aliphatic heterocycles. The van der Waals surface area contributed by atoms with Crippen LogP contribution < -0.4 is 17.2 Å². The van der Waals surface area contributed by atoms with Crippen LogP contribution in [0.25, 0.3) is 4.83 Å². The van der Waals surface area contributed by atoms with Crippen molar-refractivity contribution in [3.8, 4) is 0 Å². The van der Waals surface area contributed by atoms with E-state index in [4.69, 9.17) is 17.2 Å². The minimum absolute atomic E-state index is 0.269. The van der Waals surface area contributed by atoms with E-state index in [1.807, 2.05) is 0 Å². The molecule has 58 valence electrons. The molecule has 0 radical (unpaired) electrons. The quantitative estimate of drug-likeness (QED) is 0.495. The van der Waals surface area contributed by atoms with Crippen LogP contribution in [0, 0.1) is 0 Å². The molecular formula is C4H6N6S. The minimum Gasteiger partial charge on any atom is -0.381 e. The summed E-state index contributed by atoms with van der Waals surface area (Å²) in [6, 6.07) is 0. The van der Waals surface area contributed by atoms with Gasteiger partial charge in [-0.2, -0.15) is 9.50 Å². The van der Waals surface area contributed by atoms with Gasteiger partial charge in [0.1, 0.15) is 0 Å². The van der Waals surface area contributed by atoms with Crippen molar-refractivity contribution in [1.29, 1.82) is 0 Å². The molecule has 2 aromatic rings. The maximum atomic E-state index is 5.49. The molecule has 0 amide bonds. The van der Waals surface area contributed by atoms with Gasteiger partial charge in [0.15, 0.2) is 10.6 Å². The molecule has 6 N–H and O–H groups in total. The Bertz CT molecular complexity index is 365. The lowest BCUT2D eigenvalue weighted by atomic mass is 10.8. The molecule has 6 nitrogen and oxygen atoms in total. The van der Waals surface area contributed by atoms with Gasteiger partial charge in [-0.15, -0.1) is 5.10 Å². The first-order valence-electron chi connectivity index (χ1n) is 2.84. The van der Waals surface area contributed by atoms with Crippen molar-refractivity contribution >= 4 is 33.1 Å². The van der Waals surface area contributed by atoms with E-state index >= 15 is 0 Å². The van der Waals surface area contributed by atoms with Crippen molar-refractivity contribution in [3.05, 3.63) is 0 Å². The molecule has 7 heteroatoms. The van der Waals surface area contributed by atoms with E-state index < -0.39 is 0 Å². The SMILES string of the molecule is Nc1nn2c(N)nc(N)c2s1. The summed E-state index contributed by atoms with van der Waals surface area (Å²) in [5, 5.41) is 4.31. The number of rotatable bonds is 0. The number of nitrogens with zero attached hydrogens (tertiary/aromatic N) is 3. The standard InChI is InChI=1S/C4H6N6S/c5-1-2-10(3(6)8-1)9-4(7)11-2/h5H2,(H2,6,8)(H2,7,9). The van der Waals surface area contributed by atoms with Crippen LogP contribution in [0.15, 0.2) is 0 Å². The van der Waals surface area contributed by atoms with E-state index in [1.54, 1.807) is 0 Å². The van der Waals surface area contributed by atoms with Gasteiger partial charge in [-0.3, -0.25) is 0 Å². The second-order valence-corrected chi connectivity index (χ2v) is 3.02. The minimum atomic E-state index is 0.269. The fraction of sp³-hybridized carbons (Fsp3) is 0. The van der Waals surface area contributed by atoms with Gasteiger partial charge in [0.25, 0.3) is 0 Å². The van der Waals surface area contributed by atoms with Gasteiger partial charge in [0.05, 0.1) is 0 Å². The van der Waals surface area contributed by atoms with Gasteiger partial charge in [-0.25, -0.2) is 0 Å². The van der Waals surface area contributed by atoms with Gasteiger partial charge >= 0.3 is 0 Å². The topological polar surface area (TPSA) is 108 Å². The lowest BCUT2D eigenvalue weighted by Gasteiger charge is -1.81. The molecule has 0 fully saturated rings. The Morgan fingerprint density at radius 3 is 2.64 bits per heavy atom. The number of nitrogens with two attached hydrogens (primary N) is 3. The Morgan fingerprint density at radius 1 is 1.27 bits per heavy atom. The monoisotopic (exact) mass is 170 g/mol. The number of anilines is 3. The van der Waals surface area contributed by atoms with E-state index in [9.17, 15) is 0 Å². The van der Waals surface area contributed by atoms with Crippen LogP contribution in [0.4, 0.5) is 16.9 Å². The first kappa shape index (κ1) is 6.23. The van der Waals surface area contributed by atoms with Gasteiger partial charge in [-0.05, 0) is 0 Å². The largest absolute Gasteiger partial charge is 0.381 e. The summed E-state index contributed by atoms with van der Waals surface area (Å²) >= 11 is 1.26. The average Bonchev–Trinajstić information content (AvgIpc) is 2.38. The fourth-order valence-corrected chi connectivity index (χ4v) is 1.53. The lowest BCUT2D eigenvalue weighted by molar-refractivity contribution is 0.979. The number of fused-ring (bicyclic) bond motifs is 1. The summed E-state index contributed by atoms with van der Waals surface area (Å²) in [4.78, 5) is 4.50. The number of aromatic nitrogens is 3. The predicted molar refractivity (Wildman–Crippen MR) is 44.1 cm³/mol. The molecule has 0 aromatic carbocycles. The maximum absolute atomic E-state index is 5.49. The highest BCUT2D eigenvalue weighted by Crippen LogP contribution is 2.24. The molecular weight excluding hydrogens is 164 g/mol. The Balaban J connectivity index is 2.92. The van der Waals surface area contributed by atoms with Crippen molar-refractivity contribution in [3.63, 3.8) is 0 Å². The van der Waals surface area contributed by atoms with Crippen molar-refractivity contribution in [2.24, 2.45) is 0 Å². The molecule has 0 aliphatic carbocycles. The third kappa shape index (κ3) is 0.709.